The third kappa shape index (κ3) is 3.42. The number of rotatable bonds is 5. The first-order chi connectivity index (χ1) is 11.5. The number of carbonyl (C=O) groups is 2. The first kappa shape index (κ1) is 16.1. The number of aromatic nitrogens is 3. The molecule has 1 aliphatic rings. The van der Waals surface area contributed by atoms with Gasteiger partial charge in [0.15, 0.2) is 0 Å². The molecule has 0 aliphatic carbocycles. The number of hydrogen-bond donors (Lipinski definition) is 1. The van der Waals surface area contributed by atoms with Crippen LogP contribution in [0.2, 0.25) is 0 Å². The maximum absolute atomic E-state index is 13.3. The molecule has 2 aromatic rings. The summed E-state index contributed by atoms with van der Waals surface area (Å²) in [5.41, 5.74) is 0.481. The van der Waals surface area contributed by atoms with Gasteiger partial charge in [-0.2, -0.15) is 5.10 Å². The number of aryl methyl sites for hydroxylation is 1. The molecule has 0 bridgehead atoms. The van der Waals surface area contributed by atoms with Gasteiger partial charge in [0.05, 0.1) is 5.92 Å². The molecule has 1 fully saturated rings. The molecule has 1 unspecified atom stereocenters. The van der Waals surface area contributed by atoms with Crippen molar-refractivity contribution in [2.75, 3.05) is 18.0 Å². The summed E-state index contributed by atoms with van der Waals surface area (Å²) < 4.78 is 15.0. The van der Waals surface area contributed by atoms with E-state index in [-0.39, 0.29) is 24.8 Å². The molecular formula is C16H18FN5O2. The largest absolute Gasteiger partial charge is 0.355 e. The summed E-state index contributed by atoms with van der Waals surface area (Å²) in [6, 6.07) is 5.83. The van der Waals surface area contributed by atoms with Gasteiger partial charge in [-0.3, -0.25) is 14.3 Å². The van der Waals surface area contributed by atoms with Crippen LogP contribution in [-0.2, 0) is 23.1 Å². The molecule has 1 aliphatic heterocycles. The lowest BCUT2D eigenvalue weighted by molar-refractivity contribution is -0.126. The highest BCUT2D eigenvalue weighted by Crippen LogP contribution is 2.25. The number of carbonyl (C=O) groups excluding carboxylic acids is 2. The highest BCUT2D eigenvalue weighted by Gasteiger charge is 2.35. The van der Waals surface area contributed by atoms with Crippen LogP contribution in [0.3, 0.4) is 0 Å². The van der Waals surface area contributed by atoms with Crippen LogP contribution in [0.4, 0.5) is 10.1 Å². The maximum Gasteiger partial charge on any atom is 0.227 e. The third-order valence-corrected chi connectivity index (χ3v) is 4.07. The summed E-state index contributed by atoms with van der Waals surface area (Å²) >= 11 is 0. The second-order valence-corrected chi connectivity index (χ2v) is 5.73. The van der Waals surface area contributed by atoms with Crippen LogP contribution in [0.15, 0.2) is 30.6 Å². The Morgan fingerprint density at radius 1 is 1.46 bits per heavy atom. The van der Waals surface area contributed by atoms with Crippen molar-refractivity contribution in [2.45, 2.75) is 12.8 Å². The van der Waals surface area contributed by atoms with Crippen molar-refractivity contribution in [3.63, 3.8) is 0 Å². The van der Waals surface area contributed by atoms with Gasteiger partial charge >= 0.3 is 0 Å². The lowest BCUT2D eigenvalue weighted by Gasteiger charge is -2.16. The van der Waals surface area contributed by atoms with Gasteiger partial charge in [0.25, 0.3) is 0 Å². The van der Waals surface area contributed by atoms with Crippen LogP contribution in [0.25, 0.3) is 0 Å². The summed E-state index contributed by atoms with van der Waals surface area (Å²) in [5, 5.41) is 6.78. The SMILES string of the molecule is Cn1ncnc1CCNC(=O)C1CC(=O)N(c2cccc(F)c2)C1. The Bertz CT molecular complexity index is 760. The zero-order chi connectivity index (χ0) is 17.1. The quantitative estimate of drug-likeness (QED) is 0.873. The highest BCUT2D eigenvalue weighted by molar-refractivity contribution is 6.00. The van der Waals surface area contributed by atoms with Crippen molar-refractivity contribution < 1.29 is 14.0 Å². The molecule has 24 heavy (non-hydrogen) atoms. The van der Waals surface area contributed by atoms with Gasteiger partial charge in [-0.1, -0.05) is 6.07 Å². The van der Waals surface area contributed by atoms with Gasteiger partial charge in [-0.15, -0.1) is 0 Å². The smallest absolute Gasteiger partial charge is 0.227 e. The number of hydrogen-bond acceptors (Lipinski definition) is 4. The van der Waals surface area contributed by atoms with E-state index in [0.29, 0.717) is 18.7 Å². The molecule has 1 atom stereocenters. The molecule has 3 rings (SSSR count). The molecule has 126 valence electrons. The monoisotopic (exact) mass is 331 g/mol. The molecule has 8 heteroatoms. The van der Waals surface area contributed by atoms with E-state index in [9.17, 15) is 14.0 Å². The molecule has 7 nitrogen and oxygen atoms in total. The molecule has 1 N–H and O–H groups in total. The fourth-order valence-corrected chi connectivity index (χ4v) is 2.77. The minimum atomic E-state index is -0.430. The molecule has 0 spiro atoms. The number of benzene rings is 1. The third-order valence-electron chi connectivity index (χ3n) is 4.07. The van der Waals surface area contributed by atoms with E-state index in [1.807, 2.05) is 0 Å². The Balaban J connectivity index is 1.55. The van der Waals surface area contributed by atoms with E-state index in [2.05, 4.69) is 15.4 Å². The molecule has 2 heterocycles. The molecule has 0 radical (unpaired) electrons. The first-order valence-electron chi connectivity index (χ1n) is 7.71. The van der Waals surface area contributed by atoms with Crippen molar-refractivity contribution >= 4 is 17.5 Å². The predicted molar refractivity (Wildman–Crippen MR) is 84.6 cm³/mol. The topological polar surface area (TPSA) is 80.1 Å². The van der Waals surface area contributed by atoms with Gasteiger partial charge in [-0.05, 0) is 18.2 Å². The van der Waals surface area contributed by atoms with E-state index < -0.39 is 11.7 Å². The van der Waals surface area contributed by atoms with Gasteiger partial charge in [0.2, 0.25) is 11.8 Å². The second kappa shape index (κ2) is 6.77. The fraction of sp³-hybridized carbons (Fsp3) is 0.375. The standard InChI is InChI=1S/C16H18FN5O2/c1-21-14(19-10-20-21)5-6-18-16(24)11-7-15(23)22(9-11)13-4-2-3-12(17)8-13/h2-4,8,10-11H,5-7,9H2,1H3,(H,18,24). The molecule has 1 aromatic carbocycles. The van der Waals surface area contributed by atoms with Crippen LogP contribution < -0.4 is 10.2 Å². The molecule has 1 saturated heterocycles. The summed E-state index contributed by atoms with van der Waals surface area (Å²) in [5.74, 6) is -0.408. The van der Waals surface area contributed by atoms with Crippen LogP contribution in [0.1, 0.15) is 12.2 Å². The van der Waals surface area contributed by atoms with Crippen molar-refractivity contribution in [1.29, 1.82) is 0 Å². The predicted octanol–water partition coefficient (Wildman–Crippen LogP) is 0.666. The van der Waals surface area contributed by atoms with Gasteiger partial charge in [0, 0.05) is 38.7 Å². The molecule has 2 amide bonds. The van der Waals surface area contributed by atoms with E-state index >= 15 is 0 Å². The number of nitrogens with zero attached hydrogens (tertiary/aromatic N) is 4. The van der Waals surface area contributed by atoms with E-state index in [1.165, 1.54) is 23.4 Å². The van der Waals surface area contributed by atoms with E-state index in [0.717, 1.165) is 5.82 Å². The lowest BCUT2D eigenvalue weighted by Crippen LogP contribution is -2.34. The minimum Gasteiger partial charge on any atom is -0.355 e. The Kier molecular flexibility index (Phi) is 4.54. The molecule has 0 saturated carbocycles. The normalized spacial score (nSPS) is 17.3. The van der Waals surface area contributed by atoms with E-state index in [4.69, 9.17) is 0 Å². The van der Waals surface area contributed by atoms with Crippen LogP contribution >= 0.6 is 0 Å². The molecule has 1 aromatic heterocycles. The van der Waals surface area contributed by atoms with Crippen LogP contribution in [0.5, 0.6) is 0 Å². The van der Waals surface area contributed by atoms with Gasteiger partial charge in [-0.25, -0.2) is 9.37 Å². The highest BCUT2D eigenvalue weighted by atomic mass is 19.1. The summed E-state index contributed by atoms with van der Waals surface area (Å²) in [4.78, 5) is 29.9. The Hall–Kier alpha value is -2.77. The second-order valence-electron chi connectivity index (χ2n) is 5.73. The first-order valence-corrected chi connectivity index (χ1v) is 7.71. The molecular weight excluding hydrogens is 313 g/mol. The van der Waals surface area contributed by atoms with Gasteiger partial charge in [0.1, 0.15) is 18.0 Å². The summed E-state index contributed by atoms with van der Waals surface area (Å²) in [7, 11) is 1.79. The number of anilines is 1. The lowest BCUT2D eigenvalue weighted by atomic mass is 10.1. The van der Waals surface area contributed by atoms with Gasteiger partial charge < -0.3 is 10.2 Å². The van der Waals surface area contributed by atoms with Crippen molar-refractivity contribution in [3.05, 3.63) is 42.2 Å². The van der Waals surface area contributed by atoms with Crippen molar-refractivity contribution in [3.8, 4) is 0 Å². The summed E-state index contributed by atoms with van der Waals surface area (Å²) in [6.45, 7) is 0.689. The Labute approximate surface area is 138 Å². The zero-order valence-corrected chi connectivity index (χ0v) is 13.3. The maximum atomic E-state index is 13.3. The number of amides is 2. The summed E-state index contributed by atoms with van der Waals surface area (Å²) in [6.07, 6.45) is 2.16. The van der Waals surface area contributed by atoms with E-state index in [1.54, 1.807) is 23.9 Å². The Morgan fingerprint density at radius 2 is 2.29 bits per heavy atom. The average molecular weight is 331 g/mol. The zero-order valence-electron chi connectivity index (χ0n) is 13.3. The van der Waals surface area contributed by atoms with Crippen molar-refractivity contribution in [1.82, 2.24) is 20.1 Å². The van der Waals surface area contributed by atoms with Crippen LogP contribution in [0, 0.1) is 11.7 Å². The number of nitrogens with one attached hydrogen (secondary N) is 1. The van der Waals surface area contributed by atoms with Crippen LogP contribution in [-0.4, -0.2) is 39.7 Å². The Morgan fingerprint density at radius 3 is 3.00 bits per heavy atom. The average Bonchev–Trinajstić information content (AvgIpc) is 3.13. The van der Waals surface area contributed by atoms with Crippen molar-refractivity contribution in [2.24, 2.45) is 13.0 Å². The number of halogens is 1. The minimum absolute atomic E-state index is 0.131. The fourth-order valence-electron chi connectivity index (χ4n) is 2.77.